The number of benzene rings is 1. The van der Waals surface area contributed by atoms with Gasteiger partial charge in [0.25, 0.3) is 0 Å². The van der Waals surface area contributed by atoms with E-state index in [1.807, 2.05) is 30.3 Å². The van der Waals surface area contributed by atoms with Crippen molar-refractivity contribution in [1.82, 2.24) is 4.98 Å². The first-order valence-electron chi connectivity index (χ1n) is 4.88. The van der Waals surface area contributed by atoms with E-state index in [1.54, 1.807) is 0 Å². The SMILES string of the molecule is NCc1cc(-c2cccc(Br)c2)[nH]c(=O)c1. The molecule has 0 amide bonds. The lowest BCUT2D eigenvalue weighted by Gasteiger charge is -2.04. The number of pyridine rings is 1. The molecule has 3 N–H and O–H groups in total. The molecule has 0 fully saturated rings. The summed E-state index contributed by atoms with van der Waals surface area (Å²) in [4.78, 5) is 14.2. The third-order valence-electron chi connectivity index (χ3n) is 2.28. The highest BCUT2D eigenvalue weighted by atomic mass is 79.9. The molecule has 2 aromatic rings. The van der Waals surface area contributed by atoms with Crippen LogP contribution in [0.2, 0.25) is 0 Å². The summed E-state index contributed by atoms with van der Waals surface area (Å²) >= 11 is 3.40. The average Bonchev–Trinajstić information content (AvgIpc) is 2.28. The lowest BCUT2D eigenvalue weighted by molar-refractivity contribution is 1.05. The van der Waals surface area contributed by atoms with Crippen LogP contribution in [0.5, 0.6) is 0 Å². The fourth-order valence-electron chi connectivity index (χ4n) is 1.53. The van der Waals surface area contributed by atoms with Crippen LogP contribution in [0, 0.1) is 0 Å². The molecule has 1 aromatic carbocycles. The fourth-order valence-corrected chi connectivity index (χ4v) is 1.93. The molecule has 0 aliphatic heterocycles. The Labute approximate surface area is 101 Å². The van der Waals surface area contributed by atoms with Gasteiger partial charge in [-0.2, -0.15) is 0 Å². The Bertz CT molecular complexity index is 563. The average molecular weight is 279 g/mol. The Kier molecular flexibility index (Phi) is 3.22. The van der Waals surface area contributed by atoms with Gasteiger partial charge in [-0.05, 0) is 29.3 Å². The van der Waals surface area contributed by atoms with E-state index >= 15 is 0 Å². The number of nitrogens with one attached hydrogen (secondary N) is 1. The molecule has 0 aliphatic rings. The minimum atomic E-state index is -0.127. The van der Waals surface area contributed by atoms with Crippen LogP contribution in [0.25, 0.3) is 11.3 Å². The van der Waals surface area contributed by atoms with Crippen molar-refractivity contribution in [1.29, 1.82) is 0 Å². The highest BCUT2D eigenvalue weighted by Gasteiger charge is 2.01. The molecule has 82 valence electrons. The predicted molar refractivity (Wildman–Crippen MR) is 68.1 cm³/mol. The van der Waals surface area contributed by atoms with Crippen LogP contribution in [-0.2, 0) is 6.54 Å². The van der Waals surface area contributed by atoms with Crippen molar-refractivity contribution < 1.29 is 0 Å². The van der Waals surface area contributed by atoms with Gasteiger partial charge in [-0.15, -0.1) is 0 Å². The molecule has 0 atom stereocenters. The number of rotatable bonds is 2. The maximum absolute atomic E-state index is 11.4. The van der Waals surface area contributed by atoms with Crippen LogP contribution >= 0.6 is 15.9 Å². The third kappa shape index (κ3) is 2.40. The molecule has 0 saturated heterocycles. The minimum Gasteiger partial charge on any atom is -0.326 e. The number of H-pyrrole nitrogens is 1. The highest BCUT2D eigenvalue weighted by molar-refractivity contribution is 9.10. The van der Waals surface area contributed by atoms with Crippen LogP contribution in [0.4, 0.5) is 0 Å². The van der Waals surface area contributed by atoms with Crippen LogP contribution in [0.15, 0.2) is 45.7 Å². The van der Waals surface area contributed by atoms with E-state index in [2.05, 4.69) is 20.9 Å². The van der Waals surface area contributed by atoms with Gasteiger partial charge in [0.05, 0.1) is 0 Å². The van der Waals surface area contributed by atoms with Gasteiger partial charge in [0.2, 0.25) is 5.56 Å². The van der Waals surface area contributed by atoms with E-state index in [-0.39, 0.29) is 5.56 Å². The van der Waals surface area contributed by atoms with E-state index in [0.717, 1.165) is 21.3 Å². The molecule has 0 unspecified atom stereocenters. The van der Waals surface area contributed by atoms with Crippen LogP contribution in [0.3, 0.4) is 0 Å². The van der Waals surface area contributed by atoms with E-state index in [0.29, 0.717) is 6.54 Å². The van der Waals surface area contributed by atoms with Gasteiger partial charge in [-0.1, -0.05) is 28.1 Å². The molecular formula is C12H11BrN2O. The molecule has 0 bridgehead atoms. The van der Waals surface area contributed by atoms with E-state index in [4.69, 9.17) is 5.73 Å². The van der Waals surface area contributed by atoms with E-state index in [1.165, 1.54) is 6.07 Å². The van der Waals surface area contributed by atoms with Gasteiger partial charge < -0.3 is 10.7 Å². The van der Waals surface area contributed by atoms with Gasteiger partial charge in [0.1, 0.15) is 0 Å². The summed E-state index contributed by atoms with van der Waals surface area (Å²) in [5.74, 6) is 0. The Morgan fingerprint density at radius 3 is 2.75 bits per heavy atom. The summed E-state index contributed by atoms with van der Waals surface area (Å²) in [7, 11) is 0. The summed E-state index contributed by atoms with van der Waals surface area (Å²) in [6.07, 6.45) is 0. The van der Waals surface area contributed by atoms with Gasteiger partial charge in [-0.3, -0.25) is 4.79 Å². The number of hydrogen-bond acceptors (Lipinski definition) is 2. The Balaban J connectivity index is 2.55. The van der Waals surface area contributed by atoms with Gasteiger partial charge in [-0.25, -0.2) is 0 Å². The molecule has 2 rings (SSSR count). The number of aromatic amines is 1. The quantitative estimate of drug-likeness (QED) is 0.885. The van der Waals surface area contributed by atoms with Crippen molar-refractivity contribution in [3.8, 4) is 11.3 Å². The summed E-state index contributed by atoms with van der Waals surface area (Å²) < 4.78 is 0.976. The molecule has 0 aliphatic carbocycles. The maximum atomic E-state index is 11.4. The van der Waals surface area contributed by atoms with Crippen LogP contribution < -0.4 is 11.3 Å². The molecule has 0 spiro atoms. The van der Waals surface area contributed by atoms with Crippen molar-refractivity contribution in [3.63, 3.8) is 0 Å². The molecule has 0 saturated carbocycles. The summed E-state index contributed by atoms with van der Waals surface area (Å²) in [6.45, 7) is 0.366. The first-order valence-corrected chi connectivity index (χ1v) is 5.67. The fraction of sp³-hybridized carbons (Fsp3) is 0.0833. The lowest BCUT2D eigenvalue weighted by Crippen LogP contribution is -2.09. The lowest BCUT2D eigenvalue weighted by atomic mass is 10.1. The van der Waals surface area contributed by atoms with E-state index < -0.39 is 0 Å². The number of halogens is 1. The normalized spacial score (nSPS) is 10.4. The first kappa shape index (κ1) is 11.1. The summed E-state index contributed by atoms with van der Waals surface area (Å²) in [5, 5.41) is 0. The summed E-state index contributed by atoms with van der Waals surface area (Å²) in [6, 6.07) is 11.2. The van der Waals surface area contributed by atoms with Crippen molar-refractivity contribution in [3.05, 3.63) is 56.8 Å². The largest absolute Gasteiger partial charge is 0.326 e. The minimum absolute atomic E-state index is 0.127. The van der Waals surface area contributed by atoms with Crippen molar-refractivity contribution >= 4 is 15.9 Å². The van der Waals surface area contributed by atoms with Gasteiger partial charge in [0, 0.05) is 22.8 Å². The van der Waals surface area contributed by atoms with Gasteiger partial charge >= 0.3 is 0 Å². The standard InChI is InChI=1S/C12H11BrN2O/c13-10-3-1-2-9(6-10)11-4-8(7-14)5-12(16)15-11/h1-6H,7,14H2,(H,15,16). The Morgan fingerprint density at radius 1 is 1.25 bits per heavy atom. The Morgan fingerprint density at radius 2 is 2.06 bits per heavy atom. The smallest absolute Gasteiger partial charge is 0.248 e. The van der Waals surface area contributed by atoms with Crippen molar-refractivity contribution in [2.45, 2.75) is 6.54 Å². The van der Waals surface area contributed by atoms with Gasteiger partial charge in [0.15, 0.2) is 0 Å². The zero-order chi connectivity index (χ0) is 11.5. The first-order chi connectivity index (χ1) is 7.69. The summed E-state index contributed by atoms with van der Waals surface area (Å²) in [5.41, 5.74) is 7.99. The third-order valence-corrected chi connectivity index (χ3v) is 2.77. The monoisotopic (exact) mass is 278 g/mol. The molecule has 16 heavy (non-hydrogen) atoms. The highest BCUT2D eigenvalue weighted by Crippen LogP contribution is 2.20. The van der Waals surface area contributed by atoms with Crippen molar-refractivity contribution in [2.24, 2.45) is 5.73 Å². The molecule has 1 heterocycles. The molecule has 3 nitrogen and oxygen atoms in total. The number of hydrogen-bond donors (Lipinski definition) is 2. The van der Waals surface area contributed by atoms with E-state index in [9.17, 15) is 4.79 Å². The zero-order valence-corrected chi connectivity index (χ0v) is 10.1. The van der Waals surface area contributed by atoms with Crippen molar-refractivity contribution in [2.75, 3.05) is 0 Å². The second kappa shape index (κ2) is 4.63. The topological polar surface area (TPSA) is 58.9 Å². The second-order valence-corrected chi connectivity index (χ2v) is 4.40. The molecular weight excluding hydrogens is 268 g/mol. The van der Waals surface area contributed by atoms with Crippen LogP contribution in [0.1, 0.15) is 5.56 Å². The second-order valence-electron chi connectivity index (χ2n) is 3.48. The number of nitrogens with two attached hydrogens (primary N) is 1. The molecule has 1 aromatic heterocycles. The molecule has 0 radical (unpaired) electrons. The van der Waals surface area contributed by atoms with Crippen LogP contribution in [-0.4, -0.2) is 4.98 Å². The molecule has 4 heteroatoms. The number of aromatic nitrogens is 1. The predicted octanol–water partition coefficient (Wildman–Crippen LogP) is 2.26. The Hall–Kier alpha value is -1.39. The maximum Gasteiger partial charge on any atom is 0.248 e. The zero-order valence-electron chi connectivity index (χ0n) is 8.53.